The lowest BCUT2D eigenvalue weighted by atomic mass is 10.0. The van der Waals surface area contributed by atoms with Gasteiger partial charge in [0, 0.05) is 25.2 Å². The summed E-state index contributed by atoms with van der Waals surface area (Å²) in [6, 6.07) is 15.1. The van der Waals surface area contributed by atoms with Crippen LogP contribution in [0.3, 0.4) is 0 Å². The smallest absolute Gasteiger partial charge is 0.338 e. The second kappa shape index (κ2) is 8.69. The molecule has 6 heteroatoms. The molecule has 1 heterocycles. The van der Waals surface area contributed by atoms with Crippen LogP contribution in [0.25, 0.3) is 0 Å². The van der Waals surface area contributed by atoms with Crippen LogP contribution in [-0.2, 0) is 20.7 Å². The van der Waals surface area contributed by atoms with Crippen molar-refractivity contribution in [3.05, 3.63) is 65.2 Å². The van der Waals surface area contributed by atoms with Crippen LogP contribution in [0.15, 0.2) is 48.5 Å². The molecule has 0 bridgehead atoms. The fourth-order valence-electron chi connectivity index (χ4n) is 3.41. The van der Waals surface area contributed by atoms with Gasteiger partial charge in [-0.3, -0.25) is 9.59 Å². The molecule has 2 aromatic carbocycles. The number of hydrogen-bond acceptors (Lipinski definition) is 4. The van der Waals surface area contributed by atoms with Crippen LogP contribution >= 0.6 is 0 Å². The van der Waals surface area contributed by atoms with Crippen LogP contribution in [-0.4, -0.2) is 42.9 Å². The number of amides is 2. The molecule has 1 N–H and O–H groups in total. The zero-order valence-electron chi connectivity index (χ0n) is 16.1. The van der Waals surface area contributed by atoms with E-state index in [9.17, 15) is 14.4 Å². The number of anilines is 1. The molecule has 0 aliphatic carbocycles. The van der Waals surface area contributed by atoms with E-state index in [4.69, 9.17) is 4.74 Å². The summed E-state index contributed by atoms with van der Waals surface area (Å²) < 4.78 is 4.77. The van der Waals surface area contributed by atoms with Crippen molar-refractivity contribution in [3.8, 4) is 0 Å². The minimum atomic E-state index is -0.447. The molecule has 1 unspecified atom stereocenters. The van der Waals surface area contributed by atoms with Gasteiger partial charge < -0.3 is 15.0 Å². The van der Waals surface area contributed by atoms with Crippen molar-refractivity contribution in [2.75, 3.05) is 25.5 Å². The summed E-state index contributed by atoms with van der Waals surface area (Å²) in [6.45, 7) is 2.77. The van der Waals surface area contributed by atoms with E-state index in [-0.39, 0.29) is 18.2 Å². The minimum Gasteiger partial charge on any atom is -0.465 e. The van der Waals surface area contributed by atoms with Gasteiger partial charge in [-0.25, -0.2) is 4.79 Å². The number of ether oxygens (including phenoxy) is 1. The zero-order valence-corrected chi connectivity index (χ0v) is 16.1. The van der Waals surface area contributed by atoms with Crippen molar-refractivity contribution in [1.82, 2.24) is 4.90 Å². The van der Waals surface area contributed by atoms with Gasteiger partial charge >= 0.3 is 5.97 Å². The summed E-state index contributed by atoms with van der Waals surface area (Å²) >= 11 is 0. The Morgan fingerprint density at radius 1 is 1.14 bits per heavy atom. The Balaban J connectivity index is 1.61. The van der Waals surface area contributed by atoms with E-state index in [0.29, 0.717) is 29.9 Å². The van der Waals surface area contributed by atoms with Crippen molar-refractivity contribution in [3.63, 3.8) is 0 Å². The first-order chi connectivity index (χ1) is 13.5. The molecule has 1 aliphatic heterocycles. The molecule has 1 atom stereocenters. The third-order valence-corrected chi connectivity index (χ3v) is 5.10. The molecule has 6 nitrogen and oxygen atoms in total. The summed E-state index contributed by atoms with van der Waals surface area (Å²) in [6.07, 6.45) is 0.970. The molecule has 0 spiro atoms. The van der Waals surface area contributed by atoms with Gasteiger partial charge in [-0.15, -0.1) is 0 Å². The maximum Gasteiger partial charge on any atom is 0.338 e. The van der Waals surface area contributed by atoms with Crippen LogP contribution in [0, 0.1) is 12.8 Å². The topological polar surface area (TPSA) is 75.7 Å². The molecular weight excluding hydrogens is 356 g/mol. The third-order valence-electron chi connectivity index (χ3n) is 5.10. The van der Waals surface area contributed by atoms with Crippen molar-refractivity contribution in [2.45, 2.75) is 19.8 Å². The van der Waals surface area contributed by atoms with Crippen molar-refractivity contribution in [1.29, 1.82) is 0 Å². The van der Waals surface area contributed by atoms with Crippen molar-refractivity contribution in [2.24, 2.45) is 5.92 Å². The Morgan fingerprint density at radius 3 is 2.61 bits per heavy atom. The Kier molecular flexibility index (Phi) is 6.09. The molecule has 1 aliphatic rings. The monoisotopic (exact) mass is 380 g/mol. The molecular formula is C22H24N2O4. The number of benzene rings is 2. The second-order valence-electron chi connectivity index (χ2n) is 6.94. The lowest BCUT2D eigenvalue weighted by Gasteiger charge is -2.17. The van der Waals surface area contributed by atoms with E-state index < -0.39 is 11.9 Å². The van der Waals surface area contributed by atoms with Gasteiger partial charge in [-0.1, -0.05) is 36.4 Å². The maximum absolute atomic E-state index is 12.7. The average molecular weight is 380 g/mol. The third kappa shape index (κ3) is 4.39. The lowest BCUT2D eigenvalue weighted by molar-refractivity contribution is -0.128. The van der Waals surface area contributed by atoms with E-state index in [1.54, 1.807) is 30.0 Å². The van der Waals surface area contributed by atoms with Crippen LogP contribution in [0.1, 0.15) is 27.9 Å². The Hall–Kier alpha value is -3.15. The minimum absolute atomic E-state index is 0.00360. The Labute approximate surface area is 164 Å². The molecule has 0 aromatic heterocycles. The number of rotatable bonds is 6. The first kappa shape index (κ1) is 19.6. The number of carbonyl (C=O) groups excluding carboxylic acids is 3. The van der Waals surface area contributed by atoms with Crippen LogP contribution in [0.2, 0.25) is 0 Å². The molecule has 28 heavy (non-hydrogen) atoms. The fraction of sp³-hybridized carbons (Fsp3) is 0.318. The quantitative estimate of drug-likeness (QED) is 0.782. The van der Waals surface area contributed by atoms with Crippen LogP contribution < -0.4 is 5.32 Å². The van der Waals surface area contributed by atoms with E-state index in [2.05, 4.69) is 5.32 Å². The predicted molar refractivity (Wildman–Crippen MR) is 106 cm³/mol. The first-order valence-electron chi connectivity index (χ1n) is 9.30. The summed E-state index contributed by atoms with van der Waals surface area (Å²) in [5, 5.41) is 2.86. The zero-order chi connectivity index (χ0) is 20.1. The average Bonchev–Trinajstić information content (AvgIpc) is 3.09. The van der Waals surface area contributed by atoms with E-state index >= 15 is 0 Å². The summed E-state index contributed by atoms with van der Waals surface area (Å²) in [5.74, 6) is -1.06. The fourth-order valence-corrected chi connectivity index (χ4v) is 3.41. The predicted octanol–water partition coefficient (Wildman–Crippen LogP) is 2.81. The van der Waals surface area contributed by atoms with Crippen molar-refractivity contribution < 1.29 is 19.1 Å². The normalized spacial score (nSPS) is 16.1. The molecule has 0 radical (unpaired) electrons. The molecule has 1 fully saturated rings. The lowest BCUT2D eigenvalue weighted by Crippen LogP contribution is -2.30. The molecule has 1 saturated heterocycles. The number of nitrogens with one attached hydrogen (secondary N) is 1. The Bertz CT molecular complexity index is 879. The van der Waals surface area contributed by atoms with Gasteiger partial charge in [-0.05, 0) is 36.6 Å². The summed E-state index contributed by atoms with van der Waals surface area (Å²) in [5.41, 5.74) is 2.78. The highest BCUT2D eigenvalue weighted by Gasteiger charge is 2.34. The molecule has 3 rings (SSSR count). The van der Waals surface area contributed by atoms with Crippen molar-refractivity contribution >= 4 is 23.5 Å². The standard InChI is InChI=1S/C22H24N2O4/c1-15-18(22(27)28-2)9-6-10-19(15)23-21(26)17-13-20(25)24(14-17)12-11-16-7-4-3-5-8-16/h3-10,17H,11-14H2,1-2H3,(H,23,26). The van der Waals surface area contributed by atoms with Gasteiger partial charge in [0.15, 0.2) is 0 Å². The SMILES string of the molecule is COC(=O)c1cccc(NC(=O)C2CC(=O)N(CCc3ccccc3)C2)c1C. The number of hydrogen-bond donors (Lipinski definition) is 1. The number of methoxy groups -OCH3 is 1. The summed E-state index contributed by atoms with van der Waals surface area (Å²) in [4.78, 5) is 38.5. The van der Waals surface area contributed by atoms with Crippen LogP contribution in [0.4, 0.5) is 5.69 Å². The van der Waals surface area contributed by atoms with Gasteiger partial charge in [0.1, 0.15) is 0 Å². The second-order valence-corrected chi connectivity index (χ2v) is 6.94. The van der Waals surface area contributed by atoms with Crippen LogP contribution in [0.5, 0.6) is 0 Å². The van der Waals surface area contributed by atoms with E-state index in [1.807, 2.05) is 30.3 Å². The largest absolute Gasteiger partial charge is 0.465 e. The molecule has 2 aromatic rings. The highest BCUT2D eigenvalue weighted by molar-refractivity contribution is 5.99. The highest BCUT2D eigenvalue weighted by atomic mass is 16.5. The maximum atomic E-state index is 12.7. The molecule has 0 saturated carbocycles. The molecule has 2 amide bonds. The number of esters is 1. The summed E-state index contributed by atoms with van der Waals surface area (Å²) in [7, 11) is 1.32. The van der Waals surface area contributed by atoms with E-state index in [1.165, 1.54) is 12.7 Å². The van der Waals surface area contributed by atoms with E-state index in [0.717, 1.165) is 6.42 Å². The number of likely N-dealkylation sites (tertiary alicyclic amines) is 1. The van der Waals surface area contributed by atoms with Gasteiger partial charge in [0.25, 0.3) is 0 Å². The highest BCUT2D eigenvalue weighted by Crippen LogP contribution is 2.24. The Morgan fingerprint density at radius 2 is 1.89 bits per heavy atom. The van der Waals surface area contributed by atoms with Gasteiger partial charge in [-0.2, -0.15) is 0 Å². The first-order valence-corrected chi connectivity index (χ1v) is 9.30. The number of carbonyl (C=O) groups is 3. The number of nitrogens with zero attached hydrogens (tertiary/aromatic N) is 1. The molecule has 146 valence electrons. The van der Waals surface area contributed by atoms with Gasteiger partial charge in [0.2, 0.25) is 11.8 Å². The van der Waals surface area contributed by atoms with Gasteiger partial charge in [0.05, 0.1) is 18.6 Å².